The van der Waals surface area contributed by atoms with Gasteiger partial charge in [0.15, 0.2) is 6.10 Å². The summed E-state index contributed by atoms with van der Waals surface area (Å²) in [6.07, 6.45) is -0.612. The summed E-state index contributed by atoms with van der Waals surface area (Å²) >= 11 is 8.16. The minimum atomic E-state index is -0.985. The highest BCUT2D eigenvalue weighted by Gasteiger charge is 2.20. The minimum absolute atomic E-state index is 0.313. The van der Waals surface area contributed by atoms with Gasteiger partial charge in [-0.1, -0.05) is 23.7 Å². The second kappa shape index (κ2) is 7.13. The van der Waals surface area contributed by atoms with Crippen LogP contribution in [0, 0.1) is 10.5 Å². The first kappa shape index (κ1) is 16.1. The summed E-state index contributed by atoms with van der Waals surface area (Å²) in [6.45, 7) is 1.85. The van der Waals surface area contributed by atoms with Crippen molar-refractivity contribution in [2.45, 2.75) is 19.4 Å². The molecule has 2 aromatic carbocycles. The van der Waals surface area contributed by atoms with E-state index in [0.717, 1.165) is 14.7 Å². The Kier molecular flexibility index (Phi) is 5.47. The first-order valence-electron chi connectivity index (χ1n) is 6.36. The Hall–Kier alpha value is -1.27. The van der Waals surface area contributed by atoms with E-state index in [9.17, 15) is 9.90 Å². The number of aliphatic carboxylic acids is 1. The van der Waals surface area contributed by atoms with Crippen LogP contribution in [0.25, 0.3) is 0 Å². The Bertz CT molecular complexity index is 640. The lowest BCUT2D eigenvalue weighted by Crippen LogP contribution is -2.29. The van der Waals surface area contributed by atoms with Gasteiger partial charge in [0.2, 0.25) is 0 Å². The quantitative estimate of drug-likeness (QED) is 0.738. The summed E-state index contributed by atoms with van der Waals surface area (Å²) in [6, 6.07) is 12.8. The van der Waals surface area contributed by atoms with Gasteiger partial charge in [-0.15, -0.1) is 0 Å². The fourth-order valence-electron chi connectivity index (χ4n) is 1.87. The number of hydrogen-bond acceptors (Lipinski definition) is 2. The predicted octanol–water partition coefficient (Wildman–Crippen LogP) is 4.33. The van der Waals surface area contributed by atoms with Gasteiger partial charge < -0.3 is 9.84 Å². The number of benzene rings is 2. The molecule has 0 spiro atoms. The number of carbonyl (C=O) groups is 1. The van der Waals surface area contributed by atoms with E-state index in [2.05, 4.69) is 22.6 Å². The second-order valence-electron chi connectivity index (χ2n) is 4.69. The number of rotatable bonds is 5. The molecule has 0 fully saturated rings. The topological polar surface area (TPSA) is 46.5 Å². The maximum Gasteiger partial charge on any atom is 0.345 e. The molecule has 0 radical (unpaired) electrons. The summed E-state index contributed by atoms with van der Waals surface area (Å²) in [4.78, 5) is 11.4. The third-order valence-electron chi connectivity index (χ3n) is 3.02. The van der Waals surface area contributed by atoms with Crippen LogP contribution in [0.15, 0.2) is 42.5 Å². The molecule has 3 nitrogen and oxygen atoms in total. The second-order valence-corrected chi connectivity index (χ2v) is 6.34. The van der Waals surface area contributed by atoms with Gasteiger partial charge in [0.05, 0.1) is 0 Å². The molecule has 0 saturated carbocycles. The van der Waals surface area contributed by atoms with Gasteiger partial charge >= 0.3 is 5.97 Å². The van der Waals surface area contributed by atoms with E-state index >= 15 is 0 Å². The fraction of sp³-hybridized carbons (Fsp3) is 0.188. The van der Waals surface area contributed by atoms with E-state index in [0.29, 0.717) is 17.2 Å². The molecule has 0 amide bonds. The van der Waals surface area contributed by atoms with Gasteiger partial charge in [-0.2, -0.15) is 0 Å². The van der Waals surface area contributed by atoms with Gasteiger partial charge in [0, 0.05) is 15.0 Å². The van der Waals surface area contributed by atoms with Crippen molar-refractivity contribution in [1.82, 2.24) is 0 Å². The number of aryl methyl sites for hydroxylation is 1. The number of ether oxygens (including phenoxy) is 1. The van der Waals surface area contributed by atoms with E-state index in [1.807, 2.05) is 31.2 Å². The molecule has 2 rings (SSSR count). The van der Waals surface area contributed by atoms with Crippen molar-refractivity contribution in [3.05, 3.63) is 62.2 Å². The van der Waals surface area contributed by atoms with E-state index < -0.39 is 12.1 Å². The normalized spacial score (nSPS) is 12.0. The van der Waals surface area contributed by atoms with E-state index in [4.69, 9.17) is 16.3 Å². The molecule has 21 heavy (non-hydrogen) atoms. The maximum absolute atomic E-state index is 11.4. The largest absolute Gasteiger partial charge is 0.478 e. The lowest BCUT2D eigenvalue weighted by Gasteiger charge is -2.16. The zero-order chi connectivity index (χ0) is 15.4. The van der Waals surface area contributed by atoms with Gasteiger partial charge in [-0.25, -0.2) is 4.79 Å². The van der Waals surface area contributed by atoms with Crippen LogP contribution >= 0.6 is 34.2 Å². The Morgan fingerprint density at radius 2 is 1.95 bits per heavy atom. The van der Waals surface area contributed by atoms with Crippen molar-refractivity contribution < 1.29 is 14.6 Å². The summed E-state index contributed by atoms with van der Waals surface area (Å²) in [5.74, 6) is -0.476. The molecule has 110 valence electrons. The van der Waals surface area contributed by atoms with Crippen molar-refractivity contribution in [3.63, 3.8) is 0 Å². The smallest absolute Gasteiger partial charge is 0.345 e. The van der Waals surface area contributed by atoms with Crippen molar-refractivity contribution in [2.75, 3.05) is 0 Å². The zero-order valence-corrected chi connectivity index (χ0v) is 14.3. The summed E-state index contributed by atoms with van der Waals surface area (Å²) in [5, 5.41) is 9.95. The number of carboxylic acid groups (broad SMARTS) is 1. The average molecular weight is 417 g/mol. The van der Waals surface area contributed by atoms with Crippen LogP contribution in [0.1, 0.15) is 11.1 Å². The Balaban J connectivity index is 2.13. The predicted molar refractivity (Wildman–Crippen MR) is 91.1 cm³/mol. The third kappa shape index (κ3) is 4.61. The van der Waals surface area contributed by atoms with Gasteiger partial charge in [-0.05, 0) is 71.0 Å². The third-order valence-corrected chi connectivity index (χ3v) is 4.16. The highest BCUT2D eigenvalue weighted by atomic mass is 127. The summed E-state index contributed by atoms with van der Waals surface area (Å²) in [5.41, 5.74) is 1.78. The lowest BCUT2D eigenvalue weighted by atomic mass is 10.1. The monoisotopic (exact) mass is 416 g/mol. The summed E-state index contributed by atoms with van der Waals surface area (Å²) < 4.78 is 6.69. The van der Waals surface area contributed by atoms with E-state index in [1.165, 1.54) is 0 Å². The number of halogens is 2. The molecule has 0 aromatic heterocycles. The van der Waals surface area contributed by atoms with Crippen molar-refractivity contribution in [2.24, 2.45) is 0 Å². The first-order valence-corrected chi connectivity index (χ1v) is 7.81. The molecule has 1 atom stereocenters. The molecule has 0 saturated heterocycles. The molecule has 0 aliphatic carbocycles. The van der Waals surface area contributed by atoms with E-state index in [-0.39, 0.29) is 0 Å². The van der Waals surface area contributed by atoms with Crippen LogP contribution < -0.4 is 4.74 Å². The van der Waals surface area contributed by atoms with Crippen LogP contribution in [0.5, 0.6) is 5.75 Å². The van der Waals surface area contributed by atoms with Crippen LogP contribution in [0.3, 0.4) is 0 Å². The minimum Gasteiger partial charge on any atom is -0.478 e. The Morgan fingerprint density at radius 3 is 2.52 bits per heavy atom. The zero-order valence-electron chi connectivity index (χ0n) is 11.3. The van der Waals surface area contributed by atoms with Crippen LogP contribution in [0.4, 0.5) is 0 Å². The molecule has 0 bridgehead atoms. The molecule has 5 heteroatoms. The van der Waals surface area contributed by atoms with Gasteiger partial charge in [0.25, 0.3) is 0 Å². The number of hydrogen-bond donors (Lipinski definition) is 1. The van der Waals surface area contributed by atoms with Crippen LogP contribution in [-0.2, 0) is 11.2 Å². The fourth-order valence-corrected chi connectivity index (χ4v) is 2.35. The summed E-state index contributed by atoms with van der Waals surface area (Å²) in [7, 11) is 0. The SMILES string of the molecule is Cc1cc(O[C@@H](Cc2ccc(I)cc2)C(=O)O)ccc1Cl. The van der Waals surface area contributed by atoms with Crippen molar-refractivity contribution in [1.29, 1.82) is 0 Å². The first-order chi connectivity index (χ1) is 9.95. The Labute approximate surface area is 142 Å². The highest BCUT2D eigenvalue weighted by molar-refractivity contribution is 14.1. The van der Waals surface area contributed by atoms with Crippen LogP contribution in [-0.4, -0.2) is 17.2 Å². The highest BCUT2D eigenvalue weighted by Crippen LogP contribution is 2.22. The van der Waals surface area contributed by atoms with Crippen molar-refractivity contribution >= 4 is 40.2 Å². The average Bonchev–Trinajstić information content (AvgIpc) is 2.44. The number of carboxylic acids is 1. The molecule has 2 aromatic rings. The molecule has 1 N–H and O–H groups in total. The maximum atomic E-state index is 11.4. The Morgan fingerprint density at radius 1 is 1.29 bits per heavy atom. The molecule has 0 aliphatic heterocycles. The van der Waals surface area contributed by atoms with Gasteiger partial charge in [-0.3, -0.25) is 0 Å². The molecular weight excluding hydrogens is 403 g/mol. The molecule has 0 aliphatic rings. The van der Waals surface area contributed by atoms with Gasteiger partial charge in [0.1, 0.15) is 5.75 Å². The van der Waals surface area contributed by atoms with E-state index in [1.54, 1.807) is 18.2 Å². The van der Waals surface area contributed by atoms with Crippen LogP contribution in [0.2, 0.25) is 5.02 Å². The lowest BCUT2D eigenvalue weighted by molar-refractivity contribution is -0.145. The van der Waals surface area contributed by atoms with Crippen molar-refractivity contribution in [3.8, 4) is 5.75 Å². The molecule has 0 unspecified atom stereocenters. The molecular formula is C16H14ClIO3. The standard InChI is InChI=1S/C16H14ClIO3/c1-10-8-13(6-7-14(10)17)21-15(16(19)20)9-11-2-4-12(18)5-3-11/h2-8,15H,9H2,1H3,(H,19,20)/t15-/m0/s1. The molecule has 0 heterocycles.